The third kappa shape index (κ3) is 4.77. The second-order valence-electron chi connectivity index (χ2n) is 6.04. The number of hydrogen-bond acceptors (Lipinski definition) is 7. The Hall–Kier alpha value is -2.61. The second-order valence-corrected chi connectivity index (χ2v) is 6.81. The van der Waals surface area contributed by atoms with E-state index in [2.05, 4.69) is 10.2 Å². The molecule has 140 valence electrons. The molecule has 7 heteroatoms. The van der Waals surface area contributed by atoms with E-state index in [1.807, 2.05) is 50.2 Å². The summed E-state index contributed by atoms with van der Waals surface area (Å²) in [6, 6.07) is 14.7. The number of phenols is 1. The molecule has 0 unspecified atom stereocenters. The number of anilines is 1. The highest BCUT2D eigenvalue weighted by atomic mass is 32.2. The number of hydrogen-bond donors (Lipinski definition) is 2. The number of aromatic hydroxyl groups is 1. The Kier molecular flexibility index (Phi) is 6.28. The lowest BCUT2D eigenvalue weighted by atomic mass is 10.0. The zero-order chi connectivity index (χ0) is 19.2. The van der Waals surface area contributed by atoms with Gasteiger partial charge in [-0.1, -0.05) is 6.92 Å². The Morgan fingerprint density at radius 1 is 1.07 bits per heavy atom. The summed E-state index contributed by atoms with van der Waals surface area (Å²) in [7, 11) is 0. The van der Waals surface area contributed by atoms with Crippen LogP contribution in [-0.4, -0.2) is 11.7 Å². The van der Waals surface area contributed by atoms with Gasteiger partial charge in [0.1, 0.15) is 5.69 Å². The fourth-order valence-corrected chi connectivity index (χ4v) is 2.96. The molecule has 3 rings (SSSR count). The number of nitrogens with two attached hydrogens (primary N) is 1. The maximum atomic E-state index is 10.6. The predicted molar refractivity (Wildman–Crippen MR) is 109 cm³/mol. The van der Waals surface area contributed by atoms with E-state index in [4.69, 9.17) is 15.0 Å². The monoisotopic (exact) mass is 383 g/mol. The van der Waals surface area contributed by atoms with Crippen molar-refractivity contribution in [1.29, 1.82) is 0 Å². The minimum absolute atomic E-state index is 0.0994. The molecule has 0 aliphatic heterocycles. The van der Waals surface area contributed by atoms with E-state index in [0.29, 0.717) is 29.1 Å². The molecule has 6 nitrogen and oxygen atoms in total. The molecule has 3 aromatic carbocycles. The molecule has 0 aliphatic carbocycles. The van der Waals surface area contributed by atoms with Crippen molar-refractivity contribution in [2.75, 3.05) is 12.3 Å². The molecule has 27 heavy (non-hydrogen) atoms. The van der Waals surface area contributed by atoms with Crippen LogP contribution in [0, 0.1) is 6.92 Å². The molecule has 0 saturated carbocycles. The lowest BCUT2D eigenvalue weighted by Gasteiger charge is -2.08. The minimum atomic E-state index is 0.0994. The summed E-state index contributed by atoms with van der Waals surface area (Å²) in [6.07, 6.45) is 0.897. The fraction of sp³-hybridized carbons (Fsp3) is 0.200. The van der Waals surface area contributed by atoms with Gasteiger partial charge in [0.25, 0.3) is 0 Å². The number of phenolic OH excluding ortho intramolecular Hbond substituents is 1. The maximum absolute atomic E-state index is 10.6. The van der Waals surface area contributed by atoms with E-state index in [9.17, 15) is 5.11 Å². The van der Waals surface area contributed by atoms with Crippen molar-refractivity contribution >= 4 is 39.9 Å². The molecule has 0 amide bonds. The second kappa shape index (κ2) is 8.85. The Morgan fingerprint density at radius 2 is 1.85 bits per heavy atom. The molecule has 0 atom stereocenters. The minimum Gasteiger partial charge on any atom is -0.505 e. The van der Waals surface area contributed by atoms with Gasteiger partial charge >= 0.3 is 0 Å². The molecule has 3 N–H and O–H groups in total. The fourth-order valence-electron chi connectivity index (χ4n) is 2.52. The van der Waals surface area contributed by atoms with Crippen molar-refractivity contribution in [3.8, 4) is 5.75 Å². The summed E-state index contributed by atoms with van der Waals surface area (Å²) in [5.41, 5.74) is 8.40. The number of aryl methyl sites for hydroxylation is 1. The molecule has 0 heterocycles. The van der Waals surface area contributed by atoms with Crippen molar-refractivity contribution in [2.24, 2.45) is 10.2 Å². The summed E-state index contributed by atoms with van der Waals surface area (Å²) >= 11 is 1.15. The van der Waals surface area contributed by atoms with Crippen molar-refractivity contribution in [3.63, 3.8) is 0 Å². The molecule has 0 fully saturated rings. The molecule has 3 aromatic rings. The van der Waals surface area contributed by atoms with Crippen LogP contribution in [0.2, 0.25) is 0 Å². The predicted octanol–water partition coefficient (Wildman–Crippen LogP) is 6.22. The lowest BCUT2D eigenvalue weighted by molar-refractivity contribution is -0.190. The van der Waals surface area contributed by atoms with Crippen LogP contribution in [0.1, 0.15) is 18.9 Å². The normalized spacial score (nSPS) is 11.5. The average Bonchev–Trinajstić information content (AvgIpc) is 2.66. The number of rotatable bonds is 7. The largest absolute Gasteiger partial charge is 0.505 e. The number of nitrogens with zero attached hydrogens (tertiary/aromatic N) is 2. The number of fused-ring (bicyclic) bond motifs is 1. The topological polar surface area (TPSA) is 89.4 Å². The maximum Gasteiger partial charge on any atom is 0.151 e. The van der Waals surface area contributed by atoms with Crippen molar-refractivity contribution in [3.05, 3.63) is 54.1 Å². The molecular weight excluding hydrogens is 362 g/mol. The van der Waals surface area contributed by atoms with E-state index >= 15 is 0 Å². The first kappa shape index (κ1) is 19.2. The average molecular weight is 383 g/mol. The van der Waals surface area contributed by atoms with Gasteiger partial charge in [-0.05, 0) is 72.8 Å². The summed E-state index contributed by atoms with van der Waals surface area (Å²) in [5.74, 6) is 0.0994. The highest BCUT2D eigenvalue weighted by Crippen LogP contribution is 2.39. The van der Waals surface area contributed by atoms with Gasteiger partial charge in [-0.3, -0.25) is 0 Å². The first-order chi connectivity index (χ1) is 13.1. The van der Waals surface area contributed by atoms with E-state index < -0.39 is 0 Å². The summed E-state index contributed by atoms with van der Waals surface area (Å²) in [6.45, 7) is 4.45. The molecule has 0 aromatic heterocycles. The molecular formula is C20H21N3O3S. The van der Waals surface area contributed by atoms with E-state index in [0.717, 1.165) is 34.3 Å². The Morgan fingerprint density at radius 3 is 2.59 bits per heavy atom. The van der Waals surface area contributed by atoms with Gasteiger partial charge in [-0.15, -0.1) is 5.11 Å². The van der Waals surface area contributed by atoms with E-state index in [-0.39, 0.29) is 5.75 Å². The van der Waals surface area contributed by atoms with Crippen molar-refractivity contribution < 1.29 is 14.3 Å². The van der Waals surface area contributed by atoms with Crippen molar-refractivity contribution in [1.82, 2.24) is 0 Å². The van der Waals surface area contributed by atoms with Gasteiger partial charge in [0, 0.05) is 16.0 Å². The van der Waals surface area contributed by atoms with Crippen LogP contribution in [0.5, 0.6) is 5.75 Å². The van der Waals surface area contributed by atoms with Gasteiger partial charge in [0.2, 0.25) is 0 Å². The van der Waals surface area contributed by atoms with Crippen LogP contribution in [0.25, 0.3) is 10.8 Å². The van der Waals surface area contributed by atoms with Crippen molar-refractivity contribution in [2.45, 2.75) is 25.2 Å². The van der Waals surface area contributed by atoms with Crippen LogP contribution in [0.4, 0.5) is 17.1 Å². The smallest absolute Gasteiger partial charge is 0.151 e. The van der Waals surface area contributed by atoms with Gasteiger partial charge in [-0.25, -0.2) is 4.89 Å². The van der Waals surface area contributed by atoms with Crippen LogP contribution in [-0.2, 0) is 9.22 Å². The zero-order valence-corrected chi connectivity index (χ0v) is 16.0. The van der Waals surface area contributed by atoms with E-state index in [1.165, 1.54) is 0 Å². The summed E-state index contributed by atoms with van der Waals surface area (Å²) in [5, 5.41) is 20.6. The van der Waals surface area contributed by atoms with Crippen LogP contribution < -0.4 is 5.73 Å². The van der Waals surface area contributed by atoms with E-state index in [1.54, 1.807) is 12.1 Å². The molecule has 0 saturated heterocycles. The Labute approximate surface area is 162 Å². The standard InChI is InChI=1S/C20H21N3O3S/c1-3-10-25-26-27-17-7-5-16(6-8-17)22-23-19-13(2)11-14-12-15(21)4-9-18(14)20(19)24/h4-9,11-12,24H,3,10,21H2,1-2H3. The third-order valence-corrected chi connectivity index (χ3v) is 4.50. The molecule has 0 spiro atoms. The van der Waals surface area contributed by atoms with Crippen LogP contribution in [0.15, 0.2) is 63.7 Å². The molecule has 0 bridgehead atoms. The van der Waals surface area contributed by atoms with Gasteiger partial charge in [0.05, 0.1) is 24.3 Å². The first-order valence-electron chi connectivity index (χ1n) is 8.58. The molecule has 0 radical (unpaired) electrons. The van der Waals surface area contributed by atoms with Crippen LogP contribution >= 0.6 is 12.0 Å². The first-order valence-corrected chi connectivity index (χ1v) is 9.32. The highest BCUT2D eigenvalue weighted by molar-refractivity contribution is 7.94. The third-order valence-electron chi connectivity index (χ3n) is 3.87. The Bertz CT molecular complexity index is 959. The zero-order valence-electron chi connectivity index (χ0n) is 15.2. The van der Waals surface area contributed by atoms with Gasteiger partial charge < -0.3 is 10.8 Å². The quantitative estimate of drug-likeness (QED) is 0.126. The summed E-state index contributed by atoms with van der Waals surface area (Å²) < 4.78 is 5.03. The van der Waals surface area contributed by atoms with Crippen LogP contribution in [0.3, 0.4) is 0 Å². The Balaban J connectivity index is 1.76. The highest BCUT2D eigenvalue weighted by Gasteiger charge is 2.10. The molecule has 0 aliphatic rings. The SMILES string of the molecule is CCCOOSc1ccc(N=Nc2c(C)cc3cc(N)ccc3c2O)cc1. The number of benzene rings is 3. The number of azo groups is 1. The van der Waals surface area contributed by atoms with Gasteiger partial charge in [-0.2, -0.15) is 9.45 Å². The summed E-state index contributed by atoms with van der Waals surface area (Å²) in [4.78, 5) is 5.87. The van der Waals surface area contributed by atoms with Gasteiger partial charge in [0.15, 0.2) is 5.75 Å². The lowest BCUT2D eigenvalue weighted by Crippen LogP contribution is -1.88. The number of nitrogen functional groups attached to an aromatic ring is 1.